The molecule has 2 rings (SSSR count). The zero-order chi connectivity index (χ0) is 15.0. The van der Waals surface area contributed by atoms with Crippen LogP contribution in [0.25, 0.3) is 0 Å². The lowest BCUT2D eigenvalue weighted by atomic mass is 10.0. The number of carbonyl (C=O) groups is 3. The fraction of sp³-hybridized carbons (Fsp3) is 0.417. The van der Waals surface area contributed by atoms with Crippen molar-refractivity contribution in [1.82, 2.24) is 4.90 Å². The number of ether oxygens (including phenoxy) is 1. The summed E-state index contributed by atoms with van der Waals surface area (Å²) in [5, 5.41) is 8.98. The number of esters is 1. The van der Waals surface area contributed by atoms with Gasteiger partial charge in [-0.3, -0.25) is 14.5 Å². The van der Waals surface area contributed by atoms with Gasteiger partial charge in [0.05, 0.1) is 0 Å². The van der Waals surface area contributed by atoms with Crippen molar-refractivity contribution in [3.05, 3.63) is 23.1 Å². The maximum Gasteiger partial charge on any atom is 0.353 e. The fourth-order valence-electron chi connectivity index (χ4n) is 2.15. The highest BCUT2D eigenvalue weighted by molar-refractivity contribution is 8.00. The summed E-state index contributed by atoms with van der Waals surface area (Å²) in [5.74, 6) is -1.74. The number of rotatable bonds is 3. The van der Waals surface area contributed by atoms with Crippen LogP contribution >= 0.6 is 11.8 Å². The van der Waals surface area contributed by atoms with E-state index in [2.05, 4.69) is 0 Å². The number of hydrogen-bond donors (Lipinski definition) is 2. The van der Waals surface area contributed by atoms with Crippen molar-refractivity contribution in [2.24, 2.45) is 5.73 Å². The van der Waals surface area contributed by atoms with Gasteiger partial charge in [0.1, 0.15) is 22.9 Å². The molecule has 0 spiro atoms. The van der Waals surface area contributed by atoms with Crippen molar-refractivity contribution in [2.45, 2.75) is 25.3 Å². The minimum absolute atomic E-state index is 0.158. The fourth-order valence-corrected chi connectivity index (χ4v) is 3.45. The maximum absolute atomic E-state index is 11.8. The second-order valence-corrected chi connectivity index (χ2v) is 5.42. The average Bonchev–Trinajstić information content (AvgIpc) is 2.41. The Kier molecular flexibility index (Phi) is 3.87. The van der Waals surface area contributed by atoms with Crippen molar-refractivity contribution >= 4 is 29.6 Å². The first-order valence-corrected chi connectivity index (χ1v) is 6.95. The summed E-state index contributed by atoms with van der Waals surface area (Å²) in [6.07, 6.45) is 1.50. The quantitative estimate of drug-likeness (QED) is 0.430. The summed E-state index contributed by atoms with van der Waals surface area (Å²) in [4.78, 5) is 35.4. The monoisotopic (exact) mass is 298 g/mol. The van der Waals surface area contributed by atoms with Crippen LogP contribution in [0.3, 0.4) is 0 Å². The Morgan fingerprint density at radius 2 is 2.20 bits per heavy atom. The summed E-state index contributed by atoms with van der Waals surface area (Å²) < 4.78 is 5.01. The topological polar surface area (TPSA) is 110 Å². The lowest BCUT2D eigenvalue weighted by molar-refractivity contribution is -0.148. The number of carboxylic acids is 1. The molecular formula is C12H14N2O5S. The van der Waals surface area contributed by atoms with Crippen LogP contribution in [0.4, 0.5) is 0 Å². The smallest absolute Gasteiger partial charge is 0.353 e. The first-order chi connectivity index (χ1) is 9.38. The predicted molar refractivity (Wildman–Crippen MR) is 71.3 cm³/mol. The van der Waals surface area contributed by atoms with E-state index < -0.39 is 23.9 Å². The number of nitrogens with two attached hydrogens (primary N) is 1. The van der Waals surface area contributed by atoms with E-state index >= 15 is 0 Å². The molecule has 0 aromatic carbocycles. The third-order valence-corrected chi connectivity index (χ3v) is 4.33. The van der Waals surface area contributed by atoms with Crippen molar-refractivity contribution in [3.8, 4) is 0 Å². The number of β-lactam (4-membered cyclic amide) rings is 1. The first-order valence-electron chi connectivity index (χ1n) is 5.90. The molecule has 2 aliphatic heterocycles. The molecule has 2 atom stereocenters. The van der Waals surface area contributed by atoms with E-state index in [1.165, 1.54) is 24.8 Å². The van der Waals surface area contributed by atoms with Gasteiger partial charge < -0.3 is 15.6 Å². The van der Waals surface area contributed by atoms with Crippen molar-refractivity contribution in [1.29, 1.82) is 0 Å². The number of hydrogen-bond acceptors (Lipinski definition) is 6. The molecule has 20 heavy (non-hydrogen) atoms. The molecule has 1 fully saturated rings. The molecule has 2 heterocycles. The molecule has 1 saturated heterocycles. The van der Waals surface area contributed by atoms with E-state index in [1.54, 1.807) is 6.92 Å². The predicted octanol–water partition coefficient (Wildman–Crippen LogP) is 0.0344. The van der Waals surface area contributed by atoms with E-state index in [-0.39, 0.29) is 16.8 Å². The standard InChI is InChI=1S/C12H14N2O5S/c1-3-7(19-5(2)15)6-4-20-11-8(13)10(16)14(11)9(6)12(17)18/h3,8,11H,4,13H2,1-2H3,(H,17,18)/b7-3+/t8?,11-/m1/s1. The molecule has 0 aliphatic carbocycles. The Morgan fingerprint density at radius 3 is 2.70 bits per heavy atom. The van der Waals surface area contributed by atoms with Gasteiger partial charge in [-0.2, -0.15) is 0 Å². The van der Waals surface area contributed by atoms with Gasteiger partial charge in [0.15, 0.2) is 0 Å². The van der Waals surface area contributed by atoms with Gasteiger partial charge in [-0.05, 0) is 13.0 Å². The maximum atomic E-state index is 11.8. The molecule has 3 N–H and O–H groups in total. The van der Waals surface area contributed by atoms with E-state index in [1.807, 2.05) is 0 Å². The van der Waals surface area contributed by atoms with Crippen LogP contribution in [0.2, 0.25) is 0 Å². The van der Waals surface area contributed by atoms with Crippen LogP contribution in [0.1, 0.15) is 13.8 Å². The Morgan fingerprint density at radius 1 is 1.55 bits per heavy atom. The third-order valence-electron chi connectivity index (χ3n) is 3.03. The largest absolute Gasteiger partial charge is 0.477 e. The molecule has 2 aliphatic rings. The Hall–Kier alpha value is -1.80. The van der Waals surface area contributed by atoms with E-state index in [9.17, 15) is 19.5 Å². The number of amides is 1. The van der Waals surface area contributed by atoms with Crippen LogP contribution in [-0.2, 0) is 19.1 Å². The van der Waals surface area contributed by atoms with Gasteiger partial charge in [0, 0.05) is 18.2 Å². The number of thioether (sulfide) groups is 1. The average molecular weight is 298 g/mol. The van der Waals surface area contributed by atoms with E-state index in [4.69, 9.17) is 10.5 Å². The summed E-state index contributed by atoms with van der Waals surface area (Å²) in [6, 6.07) is -0.682. The lowest BCUT2D eigenvalue weighted by Crippen LogP contribution is -2.68. The number of carboxylic acid groups (broad SMARTS) is 1. The van der Waals surface area contributed by atoms with Gasteiger partial charge in [0.2, 0.25) is 5.91 Å². The number of allylic oxidation sites excluding steroid dienone is 2. The number of aliphatic carboxylic acids is 1. The molecule has 0 saturated carbocycles. The Balaban J connectivity index is 2.45. The van der Waals surface area contributed by atoms with E-state index in [0.717, 1.165) is 4.90 Å². The Labute approximate surface area is 119 Å². The van der Waals surface area contributed by atoms with Gasteiger partial charge in [0.25, 0.3) is 0 Å². The third kappa shape index (κ3) is 2.20. The minimum atomic E-state index is -1.24. The molecule has 7 nitrogen and oxygen atoms in total. The zero-order valence-corrected chi connectivity index (χ0v) is 11.8. The highest BCUT2D eigenvalue weighted by Crippen LogP contribution is 2.41. The summed E-state index contributed by atoms with van der Waals surface area (Å²) in [7, 11) is 0. The second kappa shape index (κ2) is 5.29. The van der Waals surface area contributed by atoms with Crippen molar-refractivity contribution in [2.75, 3.05) is 5.75 Å². The molecule has 0 radical (unpaired) electrons. The normalized spacial score (nSPS) is 26.1. The van der Waals surface area contributed by atoms with Crippen LogP contribution in [0.15, 0.2) is 23.1 Å². The van der Waals surface area contributed by atoms with Crippen LogP contribution < -0.4 is 5.73 Å². The summed E-state index contributed by atoms with van der Waals surface area (Å²) in [6.45, 7) is 2.86. The van der Waals surface area contributed by atoms with Gasteiger partial charge in [-0.15, -0.1) is 11.8 Å². The van der Waals surface area contributed by atoms with Crippen LogP contribution in [0.5, 0.6) is 0 Å². The SMILES string of the molecule is C/C=C(/OC(C)=O)C1=C(C(=O)O)N2C(=O)C(N)[C@H]2SC1. The van der Waals surface area contributed by atoms with Crippen molar-refractivity contribution < 1.29 is 24.2 Å². The number of carbonyl (C=O) groups excluding carboxylic acids is 2. The van der Waals surface area contributed by atoms with Gasteiger partial charge >= 0.3 is 11.9 Å². The molecule has 0 aromatic rings. The number of fused-ring (bicyclic) bond motifs is 1. The Bertz CT molecular complexity index is 554. The van der Waals surface area contributed by atoms with Gasteiger partial charge in [-0.1, -0.05) is 0 Å². The van der Waals surface area contributed by atoms with Crippen LogP contribution in [0, 0.1) is 0 Å². The molecular weight excluding hydrogens is 284 g/mol. The highest BCUT2D eigenvalue weighted by Gasteiger charge is 2.52. The highest BCUT2D eigenvalue weighted by atomic mass is 32.2. The second-order valence-electron chi connectivity index (χ2n) is 4.31. The zero-order valence-electron chi connectivity index (χ0n) is 11.0. The lowest BCUT2D eigenvalue weighted by Gasteiger charge is -2.47. The minimum Gasteiger partial charge on any atom is -0.477 e. The molecule has 0 bridgehead atoms. The van der Waals surface area contributed by atoms with Gasteiger partial charge in [-0.25, -0.2) is 4.79 Å². The number of nitrogens with zero attached hydrogens (tertiary/aromatic N) is 1. The summed E-state index contributed by atoms with van der Waals surface area (Å²) in [5.41, 5.74) is 5.81. The van der Waals surface area contributed by atoms with Crippen molar-refractivity contribution in [3.63, 3.8) is 0 Å². The first kappa shape index (κ1) is 14.6. The van der Waals surface area contributed by atoms with E-state index in [0.29, 0.717) is 11.3 Å². The molecule has 0 aromatic heterocycles. The molecule has 1 unspecified atom stereocenters. The summed E-state index contributed by atoms with van der Waals surface area (Å²) >= 11 is 1.35. The molecule has 8 heteroatoms. The molecule has 108 valence electrons. The van der Waals surface area contributed by atoms with Crippen LogP contribution in [-0.4, -0.2) is 45.0 Å². The molecule has 1 amide bonds.